The minimum atomic E-state index is 0.543. The van der Waals surface area contributed by atoms with Gasteiger partial charge < -0.3 is 19.7 Å². The summed E-state index contributed by atoms with van der Waals surface area (Å²) in [7, 11) is 0. The van der Waals surface area contributed by atoms with Gasteiger partial charge in [0.25, 0.3) is 0 Å². The summed E-state index contributed by atoms with van der Waals surface area (Å²) in [5.41, 5.74) is 1.25. The molecule has 1 fully saturated rings. The molecule has 0 spiro atoms. The average Bonchev–Trinajstić information content (AvgIpc) is 2.53. The zero-order valence-corrected chi connectivity index (χ0v) is 13.3. The van der Waals surface area contributed by atoms with E-state index in [9.17, 15) is 0 Å². The second-order valence-electron chi connectivity index (χ2n) is 6.30. The molecule has 1 N–H and O–H groups in total. The van der Waals surface area contributed by atoms with E-state index in [4.69, 9.17) is 9.47 Å². The summed E-state index contributed by atoms with van der Waals surface area (Å²) in [6.45, 7) is 10.2. The lowest BCUT2D eigenvalue weighted by atomic mass is 9.97. The van der Waals surface area contributed by atoms with E-state index in [-0.39, 0.29) is 0 Å². The number of nitrogens with zero attached hydrogens (tertiary/aromatic N) is 1. The van der Waals surface area contributed by atoms with Crippen LogP contribution >= 0.6 is 0 Å². The summed E-state index contributed by atoms with van der Waals surface area (Å²) in [6.07, 6.45) is 1.15. The monoisotopic (exact) mass is 290 g/mol. The van der Waals surface area contributed by atoms with E-state index in [1.54, 1.807) is 0 Å². The van der Waals surface area contributed by atoms with Crippen LogP contribution < -0.4 is 19.7 Å². The summed E-state index contributed by atoms with van der Waals surface area (Å²) >= 11 is 0. The topological polar surface area (TPSA) is 33.7 Å². The molecule has 0 aromatic heterocycles. The lowest BCUT2D eigenvalue weighted by molar-refractivity contribution is 0.171. The highest BCUT2D eigenvalue weighted by atomic mass is 16.6. The van der Waals surface area contributed by atoms with E-state index < -0.39 is 0 Å². The van der Waals surface area contributed by atoms with Gasteiger partial charge in [-0.1, -0.05) is 20.8 Å². The molecule has 2 aliphatic heterocycles. The van der Waals surface area contributed by atoms with E-state index in [0.717, 1.165) is 31.0 Å². The first kappa shape index (κ1) is 14.5. The number of hydrogen-bond acceptors (Lipinski definition) is 4. The second kappa shape index (κ2) is 6.14. The Bertz CT molecular complexity index is 490. The highest BCUT2D eigenvalue weighted by molar-refractivity contribution is 5.57. The van der Waals surface area contributed by atoms with Crippen molar-refractivity contribution in [2.24, 2.45) is 5.92 Å². The molecule has 0 radical (unpaired) electrons. The molecule has 2 atom stereocenters. The zero-order valence-electron chi connectivity index (χ0n) is 13.3. The highest BCUT2D eigenvalue weighted by Crippen LogP contribution is 2.35. The maximum atomic E-state index is 5.73. The molecule has 0 amide bonds. The van der Waals surface area contributed by atoms with Crippen molar-refractivity contribution in [3.8, 4) is 11.5 Å². The Morgan fingerprint density at radius 3 is 2.71 bits per heavy atom. The van der Waals surface area contributed by atoms with Crippen molar-refractivity contribution >= 4 is 5.69 Å². The Kier molecular flexibility index (Phi) is 4.24. The predicted molar refractivity (Wildman–Crippen MR) is 85.5 cm³/mol. The Balaban J connectivity index is 1.85. The van der Waals surface area contributed by atoms with Gasteiger partial charge in [-0.15, -0.1) is 0 Å². The first-order valence-electron chi connectivity index (χ1n) is 8.08. The van der Waals surface area contributed by atoms with Gasteiger partial charge >= 0.3 is 0 Å². The molecule has 0 saturated carbocycles. The van der Waals surface area contributed by atoms with Gasteiger partial charge in [0.1, 0.15) is 13.2 Å². The smallest absolute Gasteiger partial charge is 0.163 e. The fraction of sp³-hybridized carbons (Fsp3) is 0.647. The van der Waals surface area contributed by atoms with Crippen molar-refractivity contribution < 1.29 is 9.47 Å². The molecule has 2 unspecified atom stereocenters. The number of anilines is 1. The van der Waals surface area contributed by atoms with E-state index >= 15 is 0 Å². The largest absolute Gasteiger partial charge is 0.486 e. The number of fused-ring (bicyclic) bond motifs is 1. The molecular formula is C17H26N2O2. The molecule has 1 aromatic carbocycles. The first-order valence-corrected chi connectivity index (χ1v) is 8.08. The molecule has 2 heterocycles. The van der Waals surface area contributed by atoms with Crippen molar-refractivity contribution in [1.82, 2.24) is 5.32 Å². The van der Waals surface area contributed by atoms with Crippen LogP contribution in [0, 0.1) is 5.92 Å². The lowest BCUT2D eigenvalue weighted by Crippen LogP contribution is -2.58. The fourth-order valence-electron chi connectivity index (χ4n) is 3.16. The van der Waals surface area contributed by atoms with Gasteiger partial charge in [-0.3, -0.25) is 0 Å². The normalized spacial score (nSPS) is 25.2. The van der Waals surface area contributed by atoms with Crippen LogP contribution in [0.1, 0.15) is 27.2 Å². The van der Waals surface area contributed by atoms with Gasteiger partial charge in [-0.2, -0.15) is 0 Å². The van der Waals surface area contributed by atoms with E-state index in [0.29, 0.717) is 31.2 Å². The maximum absolute atomic E-state index is 5.73. The van der Waals surface area contributed by atoms with Crippen LogP contribution in [0.5, 0.6) is 11.5 Å². The van der Waals surface area contributed by atoms with Crippen LogP contribution in [0.2, 0.25) is 0 Å². The summed E-state index contributed by atoms with van der Waals surface area (Å²) < 4.78 is 11.4. The molecule has 0 aliphatic carbocycles. The van der Waals surface area contributed by atoms with Crippen LogP contribution in [-0.2, 0) is 0 Å². The summed E-state index contributed by atoms with van der Waals surface area (Å²) in [4.78, 5) is 2.53. The molecule has 4 nitrogen and oxygen atoms in total. The van der Waals surface area contributed by atoms with Crippen LogP contribution in [0.3, 0.4) is 0 Å². The Hall–Kier alpha value is -1.42. The third-order valence-electron chi connectivity index (χ3n) is 4.58. The van der Waals surface area contributed by atoms with Crippen molar-refractivity contribution in [3.63, 3.8) is 0 Å². The van der Waals surface area contributed by atoms with Gasteiger partial charge in [0.15, 0.2) is 11.5 Å². The van der Waals surface area contributed by atoms with Crippen molar-refractivity contribution in [3.05, 3.63) is 18.2 Å². The van der Waals surface area contributed by atoms with Gasteiger partial charge in [-0.25, -0.2) is 0 Å². The van der Waals surface area contributed by atoms with Crippen molar-refractivity contribution in [2.75, 3.05) is 31.2 Å². The molecule has 2 aliphatic rings. The molecule has 116 valence electrons. The number of piperazine rings is 1. The standard InChI is InChI=1S/C17H26N2O2/c1-4-13-10-18-15(12(2)3)11-19(13)14-5-6-16-17(9-14)21-8-7-20-16/h5-6,9,12-13,15,18H,4,7-8,10-11H2,1-3H3. The molecular weight excluding hydrogens is 264 g/mol. The summed E-state index contributed by atoms with van der Waals surface area (Å²) in [5.74, 6) is 2.39. The van der Waals surface area contributed by atoms with E-state index in [1.165, 1.54) is 5.69 Å². The minimum Gasteiger partial charge on any atom is -0.486 e. The number of hydrogen-bond donors (Lipinski definition) is 1. The number of benzene rings is 1. The predicted octanol–water partition coefficient (Wildman–Crippen LogP) is 2.67. The molecule has 1 saturated heterocycles. The molecule has 1 aromatic rings. The third-order valence-corrected chi connectivity index (χ3v) is 4.58. The SMILES string of the molecule is CCC1CNC(C(C)C)CN1c1ccc2c(c1)OCCO2. The molecule has 4 heteroatoms. The highest BCUT2D eigenvalue weighted by Gasteiger charge is 2.29. The number of rotatable bonds is 3. The Morgan fingerprint density at radius 2 is 2.00 bits per heavy atom. The zero-order chi connectivity index (χ0) is 14.8. The average molecular weight is 290 g/mol. The van der Waals surface area contributed by atoms with Crippen LogP contribution in [-0.4, -0.2) is 38.4 Å². The first-order chi connectivity index (χ1) is 10.2. The van der Waals surface area contributed by atoms with E-state index in [2.05, 4.69) is 43.1 Å². The molecule has 21 heavy (non-hydrogen) atoms. The molecule has 3 rings (SSSR count). The summed E-state index contributed by atoms with van der Waals surface area (Å²) in [6, 6.07) is 7.44. The van der Waals surface area contributed by atoms with Crippen LogP contribution in [0.4, 0.5) is 5.69 Å². The van der Waals surface area contributed by atoms with Crippen LogP contribution in [0.15, 0.2) is 18.2 Å². The van der Waals surface area contributed by atoms with Gasteiger partial charge in [0.2, 0.25) is 0 Å². The summed E-state index contributed by atoms with van der Waals surface area (Å²) in [5, 5.41) is 3.68. The number of ether oxygens (including phenoxy) is 2. The number of nitrogens with one attached hydrogen (secondary N) is 1. The van der Waals surface area contributed by atoms with Gasteiger partial charge in [0, 0.05) is 36.9 Å². The Morgan fingerprint density at radius 1 is 1.24 bits per heavy atom. The Labute approximate surface area is 127 Å². The quantitative estimate of drug-likeness (QED) is 0.928. The third kappa shape index (κ3) is 2.95. The maximum Gasteiger partial charge on any atom is 0.163 e. The van der Waals surface area contributed by atoms with Crippen molar-refractivity contribution in [1.29, 1.82) is 0 Å². The van der Waals surface area contributed by atoms with E-state index in [1.807, 2.05) is 6.07 Å². The van der Waals surface area contributed by atoms with Gasteiger partial charge in [0.05, 0.1) is 0 Å². The van der Waals surface area contributed by atoms with Crippen molar-refractivity contribution in [2.45, 2.75) is 39.3 Å². The van der Waals surface area contributed by atoms with Crippen LogP contribution in [0.25, 0.3) is 0 Å². The fourth-order valence-corrected chi connectivity index (χ4v) is 3.16. The molecule has 0 bridgehead atoms. The lowest BCUT2D eigenvalue weighted by Gasteiger charge is -2.43. The second-order valence-corrected chi connectivity index (χ2v) is 6.30. The minimum absolute atomic E-state index is 0.543. The van der Waals surface area contributed by atoms with Gasteiger partial charge in [-0.05, 0) is 24.5 Å².